The Labute approximate surface area is 107 Å². The monoisotopic (exact) mass is 249 g/mol. The van der Waals surface area contributed by atoms with E-state index in [9.17, 15) is 9.90 Å². The molecule has 0 aromatic heterocycles. The van der Waals surface area contributed by atoms with Crippen LogP contribution in [0.5, 0.6) is 0 Å². The van der Waals surface area contributed by atoms with E-state index in [4.69, 9.17) is 4.84 Å². The van der Waals surface area contributed by atoms with Gasteiger partial charge in [0.05, 0.1) is 11.2 Å². The van der Waals surface area contributed by atoms with Crippen molar-refractivity contribution in [3.05, 3.63) is 35.9 Å². The van der Waals surface area contributed by atoms with Crippen LogP contribution in [-0.4, -0.2) is 22.7 Å². The van der Waals surface area contributed by atoms with Gasteiger partial charge in [-0.25, -0.2) is 4.79 Å². The first-order chi connectivity index (χ1) is 8.57. The molecule has 98 valence electrons. The number of aliphatic hydroxyl groups is 1. The Bertz CT molecular complexity index is 393. The topological polar surface area (TPSA) is 58.6 Å². The van der Waals surface area contributed by atoms with Crippen LogP contribution in [0.15, 0.2) is 30.3 Å². The molecule has 18 heavy (non-hydrogen) atoms. The Balaban J connectivity index is 1.78. The first-order valence-corrected chi connectivity index (χ1v) is 6.31. The van der Waals surface area contributed by atoms with Crippen molar-refractivity contribution in [2.75, 3.05) is 0 Å². The smallest absolute Gasteiger partial charge is 0.356 e. The van der Waals surface area contributed by atoms with Crippen molar-refractivity contribution in [3.63, 3.8) is 0 Å². The largest absolute Gasteiger partial charge is 0.390 e. The number of carbonyl (C=O) groups is 1. The number of hydrogen-bond acceptors (Lipinski definition) is 4. The molecule has 2 rings (SSSR count). The number of hydrogen-bond donors (Lipinski definition) is 2. The number of benzene rings is 1. The van der Waals surface area contributed by atoms with Crippen molar-refractivity contribution in [3.8, 4) is 0 Å². The van der Waals surface area contributed by atoms with Crippen LogP contribution < -0.4 is 5.48 Å². The summed E-state index contributed by atoms with van der Waals surface area (Å²) >= 11 is 0. The lowest BCUT2D eigenvalue weighted by Gasteiger charge is -2.32. The maximum Gasteiger partial charge on any atom is 0.356 e. The lowest BCUT2D eigenvalue weighted by atomic mass is 9.84. The van der Waals surface area contributed by atoms with Gasteiger partial charge in [-0.1, -0.05) is 18.2 Å². The fourth-order valence-electron chi connectivity index (χ4n) is 2.13. The molecule has 4 nitrogen and oxygen atoms in total. The molecule has 4 heteroatoms. The van der Waals surface area contributed by atoms with Gasteiger partial charge < -0.3 is 9.94 Å². The average Bonchev–Trinajstić information content (AvgIpc) is 2.38. The number of hydroxylamine groups is 1. The van der Waals surface area contributed by atoms with Crippen LogP contribution in [0.25, 0.3) is 0 Å². The van der Waals surface area contributed by atoms with Crippen LogP contribution in [0.1, 0.15) is 43.0 Å². The van der Waals surface area contributed by atoms with Crippen molar-refractivity contribution in [1.82, 2.24) is 5.48 Å². The predicted octanol–water partition coefficient (Wildman–Crippen LogP) is 2.04. The summed E-state index contributed by atoms with van der Waals surface area (Å²) in [5, 5.41) is 9.81. The molecular weight excluding hydrogens is 230 g/mol. The van der Waals surface area contributed by atoms with Gasteiger partial charge in [0.1, 0.15) is 0 Å². The second kappa shape index (κ2) is 5.50. The Morgan fingerprint density at radius 3 is 2.56 bits per heavy atom. The Morgan fingerprint density at radius 2 is 1.94 bits per heavy atom. The van der Waals surface area contributed by atoms with Crippen molar-refractivity contribution in [1.29, 1.82) is 0 Å². The third-order valence-electron chi connectivity index (χ3n) is 3.39. The molecule has 1 aromatic carbocycles. The summed E-state index contributed by atoms with van der Waals surface area (Å²) in [5.41, 5.74) is 2.76. The molecular formula is C14H19NO3. The van der Waals surface area contributed by atoms with Crippen LogP contribution in [0, 0.1) is 0 Å². The van der Waals surface area contributed by atoms with Gasteiger partial charge in [0.25, 0.3) is 0 Å². The molecule has 0 heterocycles. The number of nitrogens with one attached hydrogen (secondary N) is 1. The highest BCUT2D eigenvalue weighted by Crippen LogP contribution is 2.27. The zero-order valence-corrected chi connectivity index (χ0v) is 10.6. The van der Waals surface area contributed by atoms with E-state index in [2.05, 4.69) is 5.48 Å². The molecule has 0 unspecified atom stereocenters. The maximum atomic E-state index is 11.7. The average molecular weight is 249 g/mol. The lowest BCUT2D eigenvalue weighted by Crippen LogP contribution is -2.40. The van der Waals surface area contributed by atoms with Gasteiger partial charge in [-0.3, -0.25) is 0 Å². The Morgan fingerprint density at radius 1 is 1.33 bits per heavy atom. The summed E-state index contributed by atoms with van der Waals surface area (Å²) in [5.74, 6) is -0.368. The second-order valence-corrected chi connectivity index (χ2v) is 5.14. The molecule has 1 fully saturated rings. The summed E-state index contributed by atoms with van der Waals surface area (Å²) in [6, 6.07) is 9.03. The van der Waals surface area contributed by atoms with E-state index >= 15 is 0 Å². The zero-order valence-electron chi connectivity index (χ0n) is 10.6. The van der Waals surface area contributed by atoms with Gasteiger partial charge in [0, 0.05) is 6.04 Å². The van der Waals surface area contributed by atoms with Crippen LogP contribution in [-0.2, 0) is 4.84 Å². The molecule has 0 atom stereocenters. The zero-order chi connectivity index (χ0) is 13.0. The van der Waals surface area contributed by atoms with Gasteiger partial charge >= 0.3 is 5.97 Å². The molecule has 0 spiro atoms. The highest BCUT2D eigenvalue weighted by atomic mass is 16.7. The van der Waals surface area contributed by atoms with Crippen LogP contribution >= 0.6 is 0 Å². The molecule has 1 aromatic rings. The lowest BCUT2D eigenvalue weighted by molar-refractivity contribution is -0.0197. The molecule has 0 saturated heterocycles. The van der Waals surface area contributed by atoms with E-state index in [0.29, 0.717) is 5.56 Å². The summed E-state index contributed by atoms with van der Waals surface area (Å²) < 4.78 is 0. The minimum absolute atomic E-state index is 0.137. The number of rotatable bonds is 3. The normalized spacial score (nSPS) is 27.8. The van der Waals surface area contributed by atoms with Crippen molar-refractivity contribution in [2.24, 2.45) is 0 Å². The number of carbonyl (C=O) groups excluding carboxylic acids is 1. The van der Waals surface area contributed by atoms with Crippen molar-refractivity contribution < 1.29 is 14.7 Å². The molecule has 0 radical (unpaired) electrons. The van der Waals surface area contributed by atoms with Crippen LogP contribution in [0.4, 0.5) is 0 Å². The van der Waals surface area contributed by atoms with Gasteiger partial charge in [-0.15, -0.1) is 5.48 Å². The van der Waals surface area contributed by atoms with E-state index < -0.39 is 5.60 Å². The standard InChI is InChI=1S/C14H19NO3/c1-14(17)9-7-12(8-10-14)15-18-13(16)11-5-3-2-4-6-11/h2-6,12,15,17H,7-10H2,1H3. The van der Waals surface area contributed by atoms with Gasteiger partial charge in [-0.2, -0.15) is 0 Å². The molecule has 2 N–H and O–H groups in total. The van der Waals surface area contributed by atoms with E-state index in [1.54, 1.807) is 24.3 Å². The van der Waals surface area contributed by atoms with Crippen molar-refractivity contribution >= 4 is 5.97 Å². The van der Waals surface area contributed by atoms with E-state index in [1.807, 2.05) is 13.0 Å². The molecule has 1 aliphatic carbocycles. The van der Waals surface area contributed by atoms with E-state index in [1.165, 1.54) is 0 Å². The van der Waals surface area contributed by atoms with Crippen molar-refractivity contribution in [2.45, 2.75) is 44.2 Å². The van der Waals surface area contributed by atoms with Gasteiger partial charge in [0.15, 0.2) is 0 Å². The summed E-state index contributed by atoms with van der Waals surface area (Å²) in [4.78, 5) is 16.7. The third kappa shape index (κ3) is 3.55. The molecule has 1 aliphatic rings. The molecule has 0 amide bonds. The molecule has 1 saturated carbocycles. The minimum atomic E-state index is -0.568. The third-order valence-corrected chi connectivity index (χ3v) is 3.39. The quantitative estimate of drug-likeness (QED) is 0.805. The second-order valence-electron chi connectivity index (χ2n) is 5.14. The van der Waals surface area contributed by atoms with Crippen LogP contribution in [0.2, 0.25) is 0 Å². The fraction of sp³-hybridized carbons (Fsp3) is 0.500. The highest BCUT2D eigenvalue weighted by Gasteiger charge is 2.29. The van der Waals surface area contributed by atoms with Crippen LogP contribution in [0.3, 0.4) is 0 Å². The Kier molecular flexibility index (Phi) is 3.99. The SMILES string of the molecule is CC1(O)CCC(NOC(=O)c2ccccc2)CC1. The Hall–Kier alpha value is -1.39. The van der Waals surface area contributed by atoms with Gasteiger partial charge in [0.2, 0.25) is 0 Å². The summed E-state index contributed by atoms with van der Waals surface area (Å²) in [6.07, 6.45) is 3.09. The van der Waals surface area contributed by atoms with E-state index in [0.717, 1.165) is 25.7 Å². The first-order valence-electron chi connectivity index (χ1n) is 6.31. The highest BCUT2D eigenvalue weighted by molar-refractivity contribution is 5.89. The summed E-state index contributed by atoms with van der Waals surface area (Å²) in [6.45, 7) is 1.85. The van der Waals surface area contributed by atoms with Gasteiger partial charge in [-0.05, 0) is 44.7 Å². The first kappa shape index (κ1) is 13.1. The summed E-state index contributed by atoms with van der Waals surface area (Å²) in [7, 11) is 0. The minimum Gasteiger partial charge on any atom is -0.390 e. The van der Waals surface area contributed by atoms with E-state index in [-0.39, 0.29) is 12.0 Å². The maximum absolute atomic E-state index is 11.7. The predicted molar refractivity (Wildman–Crippen MR) is 67.9 cm³/mol. The fourth-order valence-corrected chi connectivity index (χ4v) is 2.13. The molecule has 0 bridgehead atoms. The molecule has 0 aliphatic heterocycles.